The van der Waals surface area contributed by atoms with Crippen molar-refractivity contribution < 1.29 is 19.1 Å². The summed E-state index contributed by atoms with van der Waals surface area (Å²) in [7, 11) is 0. The Hall–Kier alpha value is -2.96. The number of nitrogens with one attached hydrogen (secondary N) is 1. The largest absolute Gasteiger partial charge is 0.425 e. The van der Waals surface area contributed by atoms with Crippen molar-refractivity contribution in [1.82, 2.24) is 0 Å². The van der Waals surface area contributed by atoms with Crippen LogP contribution < -0.4 is 10.1 Å². The van der Waals surface area contributed by atoms with Crippen molar-refractivity contribution in [3.63, 3.8) is 0 Å². The maximum atomic E-state index is 14.0. The lowest BCUT2D eigenvalue weighted by atomic mass is 9.82. The Morgan fingerprint density at radius 1 is 1.03 bits per heavy atom. The highest BCUT2D eigenvalue weighted by Crippen LogP contribution is 2.80. The third kappa shape index (κ3) is 3.01. The van der Waals surface area contributed by atoms with Crippen LogP contribution in [-0.2, 0) is 9.59 Å². The zero-order valence-electron chi connectivity index (χ0n) is 17.6. The van der Waals surface area contributed by atoms with Crippen LogP contribution in [0.4, 0.5) is 5.69 Å². The van der Waals surface area contributed by atoms with Crippen molar-refractivity contribution in [3.05, 3.63) is 93.4 Å². The second-order valence-corrected chi connectivity index (χ2v) is 9.64. The first-order valence-corrected chi connectivity index (χ1v) is 11.7. The van der Waals surface area contributed by atoms with E-state index in [0.29, 0.717) is 27.6 Å². The molecule has 0 unspecified atom stereocenters. The van der Waals surface area contributed by atoms with E-state index in [-0.39, 0.29) is 12.2 Å². The number of ketones is 1. The lowest BCUT2D eigenvalue weighted by Crippen LogP contribution is -2.42. The Kier molecular flexibility index (Phi) is 5.18. The van der Waals surface area contributed by atoms with Crippen molar-refractivity contribution in [2.45, 2.75) is 19.3 Å². The number of Topliss-reactive ketones (excluding diaryl/α,β-unsaturated/α-hetero) is 1. The van der Waals surface area contributed by atoms with Crippen LogP contribution in [0.5, 0.6) is 5.75 Å². The van der Waals surface area contributed by atoms with Gasteiger partial charge in [0.1, 0.15) is 5.75 Å². The summed E-state index contributed by atoms with van der Waals surface area (Å²) in [6.45, 7) is 1.83. The van der Waals surface area contributed by atoms with E-state index in [0.717, 1.165) is 4.47 Å². The van der Waals surface area contributed by atoms with E-state index in [2.05, 4.69) is 21.2 Å². The van der Waals surface area contributed by atoms with Crippen LogP contribution in [0.15, 0.2) is 77.3 Å². The van der Waals surface area contributed by atoms with Gasteiger partial charge in [-0.15, -0.1) is 0 Å². The summed E-state index contributed by atoms with van der Waals surface area (Å²) in [6, 6.07) is 20.6. The third-order valence-electron chi connectivity index (χ3n) is 6.83. The fourth-order valence-electron chi connectivity index (χ4n) is 5.33. The highest BCUT2D eigenvalue weighted by molar-refractivity contribution is 9.10. The van der Waals surface area contributed by atoms with E-state index < -0.39 is 28.6 Å². The van der Waals surface area contributed by atoms with Crippen LogP contribution in [0.25, 0.3) is 0 Å². The lowest BCUT2D eigenvalue weighted by molar-refractivity contribution is -0.147. The molecule has 166 valence electrons. The van der Waals surface area contributed by atoms with Gasteiger partial charge in [-0.25, -0.2) is 0 Å². The number of hydrogen-bond acceptors (Lipinski definition) is 4. The molecule has 3 atom stereocenters. The molecule has 0 bridgehead atoms. The van der Waals surface area contributed by atoms with Gasteiger partial charge in [-0.05, 0) is 61.0 Å². The molecule has 1 heterocycles. The van der Waals surface area contributed by atoms with Crippen LogP contribution >= 0.6 is 27.5 Å². The Labute approximate surface area is 204 Å². The van der Waals surface area contributed by atoms with Crippen LogP contribution in [-0.4, -0.2) is 17.7 Å². The minimum atomic E-state index is -1.67. The number of benzene rings is 3. The summed E-state index contributed by atoms with van der Waals surface area (Å²) in [5, 5.41) is 3.35. The van der Waals surface area contributed by atoms with E-state index in [1.165, 1.54) is 0 Å². The minimum absolute atomic E-state index is 0.272. The average molecular weight is 525 g/mol. The van der Waals surface area contributed by atoms with Gasteiger partial charge in [0.25, 0.3) is 0 Å². The number of ether oxygens (including phenoxy) is 1. The number of esters is 1. The van der Waals surface area contributed by atoms with Crippen molar-refractivity contribution in [1.29, 1.82) is 0 Å². The van der Waals surface area contributed by atoms with E-state index in [9.17, 15) is 14.4 Å². The molecule has 5 rings (SSSR count). The molecule has 33 heavy (non-hydrogen) atoms. The fraction of sp³-hybridized carbons (Fsp3) is 0.192. The lowest BCUT2D eigenvalue weighted by Gasteiger charge is -2.24. The number of carbonyl (C=O) groups excluding carboxylic acids is 3. The number of para-hydroxylation sites is 1. The highest BCUT2D eigenvalue weighted by Gasteiger charge is 2.89. The first-order valence-electron chi connectivity index (χ1n) is 10.5. The Balaban J connectivity index is 1.66. The van der Waals surface area contributed by atoms with Gasteiger partial charge in [-0.3, -0.25) is 14.4 Å². The second-order valence-electron chi connectivity index (χ2n) is 8.29. The molecule has 0 spiro atoms. The molecule has 5 nitrogen and oxygen atoms in total. The summed E-state index contributed by atoms with van der Waals surface area (Å²) in [6.07, 6.45) is 0.288. The molecule has 3 aromatic carbocycles. The molecule has 1 aliphatic carbocycles. The van der Waals surface area contributed by atoms with Crippen LogP contribution in [0.2, 0.25) is 5.02 Å². The average Bonchev–Trinajstić information content (AvgIpc) is 3.47. The molecule has 0 aromatic heterocycles. The summed E-state index contributed by atoms with van der Waals surface area (Å²) >= 11 is 9.39. The van der Waals surface area contributed by atoms with Gasteiger partial charge in [0.15, 0.2) is 11.2 Å². The number of rotatable bonds is 5. The van der Waals surface area contributed by atoms with E-state index in [1.54, 1.807) is 60.7 Å². The maximum absolute atomic E-state index is 14.0. The molecule has 0 radical (unpaired) electrons. The number of carbonyl (C=O) groups is 3. The predicted molar refractivity (Wildman–Crippen MR) is 129 cm³/mol. The van der Waals surface area contributed by atoms with Gasteiger partial charge in [0.05, 0.1) is 5.41 Å². The number of anilines is 1. The quantitative estimate of drug-likeness (QED) is 0.192. The zero-order chi connectivity index (χ0) is 23.4. The Morgan fingerprint density at radius 2 is 1.70 bits per heavy atom. The van der Waals surface area contributed by atoms with Crippen LogP contribution in [0.3, 0.4) is 0 Å². The molecule has 1 saturated carbocycles. The summed E-state index contributed by atoms with van der Waals surface area (Å²) in [5.74, 6) is -1.76. The second kappa shape index (κ2) is 7.82. The standard InChI is InChI=1S/C26H19BrClNO4/c1-2-25(22(30)15-7-11-17(28)12-8-15)21-19-5-3-4-6-20(19)33-24(32)26(21,25)23(31)29-18-13-9-16(27)10-14-18/h3-14,21H,2H2,1H3,(H,29,31)/t21-,25-,26-/m0/s1. The van der Waals surface area contributed by atoms with E-state index in [4.69, 9.17) is 16.3 Å². The van der Waals surface area contributed by atoms with Crippen LogP contribution in [0.1, 0.15) is 35.2 Å². The Bertz CT molecular complexity index is 1290. The van der Waals surface area contributed by atoms with Crippen LogP contribution in [0, 0.1) is 10.8 Å². The number of amides is 1. The number of hydrogen-bond donors (Lipinski definition) is 1. The summed E-state index contributed by atoms with van der Waals surface area (Å²) in [5.41, 5.74) is -1.33. The molecule has 1 amide bonds. The first kappa shape index (κ1) is 21.9. The van der Waals surface area contributed by atoms with Crippen molar-refractivity contribution in [2.24, 2.45) is 10.8 Å². The minimum Gasteiger partial charge on any atom is -0.425 e. The molecule has 2 aliphatic rings. The van der Waals surface area contributed by atoms with Gasteiger partial charge in [-0.1, -0.05) is 52.7 Å². The van der Waals surface area contributed by atoms with Crippen molar-refractivity contribution in [2.75, 3.05) is 5.32 Å². The summed E-state index contributed by atoms with van der Waals surface area (Å²) in [4.78, 5) is 41.3. The van der Waals surface area contributed by atoms with Gasteiger partial charge in [0, 0.05) is 32.2 Å². The van der Waals surface area contributed by atoms with E-state index >= 15 is 0 Å². The van der Waals surface area contributed by atoms with Gasteiger partial charge < -0.3 is 10.1 Å². The van der Waals surface area contributed by atoms with Crippen molar-refractivity contribution >= 4 is 50.9 Å². The number of halogens is 2. The highest BCUT2D eigenvalue weighted by atomic mass is 79.9. The predicted octanol–water partition coefficient (Wildman–Crippen LogP) is 6.02. The molecular formula is C26H19BrClNO4. The fourth-order valence-corrected chi connectivity index (χ4v) is 5.72. The molecule has 1 aliphatic heterocycles. The normalized spacial score (nSPS) is 24.8. The maximum Gasteiger partial charge on any atom is 0.328 e. The van der Waals surface area contributed by atoms with Crippen molar-refractivity contribution in [3.8, 4) is 5.75 Å². The SMILES string of the molecule is CC[C@@]1(C(=O)c2ccc(Cl)cc2)[C@@H]2c3ccccc3OC(=O)[C@@]21C(=O)Nc1ccc(Br)cc1. The van der Waals surface area contributed by atoms with Gasteiger partial charge >= 0.3 is 5.97 Å². The smallest absolute Gasteiger partial charge is 0.328 e. The molecule has 0 saturated heterocycles. The topological polar surface area (TPSA) is 72.5 Å². The molecule has 1 N–H and O–H groups in total. The molecular weight excluding hydrogens is 506 g/mol. The summed E-state index contributed by atoms with van der Waals surface area (Å²) < 4.78 is 6.51. The van der Waals surface area contributed by atoms with Gasteiger partial charge in [0.2, 0.25) is 5.91 Å². The first-order chi connectivity index (χ1) is 15.9. The molecule has 1 fully saturated rings. The molecule has 7 heteroatoms. The molecule has 3 aromatic rings. The van der Waals surface area contributed by atoms with Gasteiger partial charge in [-0.2, -0.15) is 0 Å². The number of fused-ring (bicyclic) bond motifs is 3. The Morgan fingerprint density at radius 3 is 2.36 bits per heavy atom. The third-order valence-corrected chi connectivity index (χ3v) is 7.61. The van der Waals surface area contributed by atoms with E-state index in [1.807, 2.05) is 19.1 Å². The monoisotopic (exact) mass is 523 g/mol. The zero-order valence-corrected chi connectivity index (χ0v) is 19.9.